The first kappa shape index (κ1) is 28.4. The summed E-state index contributed by atoms with van der Waals surface area (Å²) in [5.74, 6) is -1.69. The van der Waals surface area contributed by atoms with E-state index in [2.05, 4.69) is 5.32 Å². The number of fused-ring (bicyclic) bond motifs is 5. The second-order valence-corrected chi connectivity index (χ2v) is 11.2. The lowest BCUT2D eigenvalue weighted by molar-refractivity contribution is -0.172. The van der Waals surface area contributed by atoms with Crippen molar-refractivity contribution in [1.29, 1.82) is 0 Å². The van der Waals surface area contributed by atoms with E-state index < -0.39 is 41.1 Å². The van der Waals surface area contributed by atoms with Crippen molar-refractivity contribution < 1.29 is 28.6 Å². The SMILES string of the molecule is CC[C@@]1(O)C(=O)OCc2c1cc1n(c2=O)Cc2c-1nc1cc(F)c(C)c3c1c2[C@@H](NC(=O)C(N)OCCCCN)CC3. The van der Waals surface area contributed by atoms with Gasteiger partial charge >= 0.3 is 5.97 Å². The molecular formula is C30H34FN5O6. The van der Waals surface area contributed by atoms with Gasteiger partial charge in [-0.15, -0.1) is 0 Å². The molecule has 3 aliphatic rings. The van der Waals surface area contributed by atoms with Gasteiger partial charge in [0.25, 0.3) is 11.5 Å². The van der Waals surface area contributed by atoms with Gasteiger partial charge in [-0.05, 0) is 68.3 Å². The van der Waals surface area contributed by atoms with Crippen LogP contribution in [0, 0.1) is 12.7 Å². The molecule has 0 spiro atoms. The Morgan fingerprint density at radius 3 is 2.83 bits per heavy atom. The maximum atomic E-state index is 15.1. The Labute approximate surface area is 241 Å². The Balaban J connectivity index is 1.49. The number of benzene rings is 1. The molecule has 6 N–H and O–H groups in total. The quantitative estimate of drug-likeness (QED) is 0.138. The van der Waals surface area contributed by atoms with E-state index >= 15 is 4.39 Å². The number of hydrogen-bond acceptors (Lipinski definition) is 9. The molecule has 222 valence electrons. The third kappa shape index (κ3) is 4.24. The third-order valence-electron chi connectivity index (χ3n) is 8.85. The molecule has 0 radical (unpaired) electrons. The van der Waals surface area contributed by atoms with E-state index in [0.29, 0.717) is 60.4 Å². The number of aryl methyl sites for hydroxylation is 1. The number of aromatic nitrogens is 2. The molecular weight excluding hydrogens is 545 g/mol. The first-order valence-electron chi connectivity index (χ1n) is 14.3. The smallest absolute Gasteiger partial charge is 0.343 e. The Bertz CT molecular complexity index is 1700. The molecule has 0 fully saturated rings. The maximum absolute atomic E-state index is 15.1. The number of halogens is 1. The highest BCUT2D eigenvalue weighted by Crippen LogP contribution is 2.45. The lowest BCUT2D eigenvalue weighted by Crippen LogP contribution is -2.45. The van der Waals surface area contributed by atoms with Crippen LogP contribution >= 0.6 is 0 Å². The number of carbonyl (C=O) groups is 2. The molecule has 1 unspecified atom stereocenters. The summed E-state index contributed by atoms with van der Waals surface area (Å²) in [5.41, 5.74) is 13.6. The molecule has 2 aromatic heterocycles. The van der Waals surface area contributed by atoms with Crippen LogP contribution in [0.5, 0.6) is 0 Å². The van der Waals surface area contributed by atoms with E-state index in [-0.39, 0.29) is 30.7 Å². The van der Waals surface area contributed by atoms with Crippen molar-refractivity contribution in [2.45, 2.75) is 77.0 Å². The van der Waals surface area contributed by atoms with Crippen LogP contribution in [-0.2, 0) is 44.2 Å². The van der Waals surface area contributed by atoms with Crippen LogP contribution in [0.1, 0.15) is 72.0 Å². The van der Waals surface area contributed by atoms with Gasteiger partial charge in [0.1, 0.15) is 12.4 Å². The molecule has 12 heteroatoms. The number of pyridine rings is 2. The molecule has 0 saturated heterocycles. The van der Waals surface area contributed by atoms with E-state index in [1.165, 1.54) is 10.6 Å². The van der Waals surface area contributed by atoms with Crippen LogP contribution in [0.4, 0.5) is 4.39 Å². The van der Waals surface area contributed by atoms with Gasteiger partial charge in [-0.25, -0.2) is 14.2 Å². The predicted molar refractivity (Wildman–Crippen MR) is 151 cm³/mol. The second kappa shape index (κ2) is 10.5. The molecule has 3 atom stereocenters. The number of amides is 1. The van der Waals surface area contributed by atoms with Gasteiger partial charge in [-0.2, -0.15) is 0 Å². The lowest BCUT2D eigenvalue weighted by Gasteiger charge is -2.31. The largest absolute Gasteiger partial charge is 0.458 e. The zero-order valence-corrected chi connectivity index (χ0v) is 23.6. The summed E-state index contributed by atoms with van der Waals surface area (Å²) in [5, 5.41) is 15.0. The van der Waals surface area contributed by atoms with Crippen molar-refractivity contribution in [1.82, 2.24) is 14.9 Å². The number of carbonyl (C=O) groups excluding carboxylic acids is 2. The van der Waals surface area contributed by atoms with Gasteiger partial charge in [0.05, 0.1) is 35.1 Å². The summed E-state index contributed by atoms with van der Waals surface area (Å²) >= 11 is 0. The minimum atomic E-state index is -1.97. The average molecular weight is 580 g/mol. The number of nitrogens with two attached hydrogens (primary N) is 2. The van der Waals surface area contributed by atoms with Gasteiger partial charge in [-0.3, -0.25) is 15.3 Å². The lowest BCUT2D eigenvalue weighted by atomic mass is 9.81. The Kier molecular flexibility index (Phi) is 7.12. The highest BCUT2D eigenvalue weighted by atomic mass is 19.1. The molecule has 1 aliphatic carbocycles. The molecule has 1 aromatic carbocycles. The fourth-order valence-electron chi connectivity index (χ4n) is 6.49. The monoisotopic (exact) mass is 579 g/mol. The molecule has 2 aliphatic heterocycles. The summed E-state index contributed by atoms with van der Waals surface area (Å²) in [6.07, 6.45) is 1.26. The van der Waals surface area contributed by atoms with Gasteiger partial charge in [0.2, 0.25) is 0 Å². The number of nitrogens with one attached hydrogen (secondary N) is 1. The van der Waals surface area contributed by atoms with Crippen LogP contribution in [0.25, 0.3) is 22.3 Å². The molecule has 4 heterocycles. The van der Waals surface area contributed by atoms with Crippen LogP contribution < -0.4 is 22.3 Å². The number of esters is 1. The van der Waals surface area contributed by atoms with E-state index in [4.69, 9.17) is 25.9 Å². The van der Waals surface area contributed by atoms with Crippen molar-refractivity contribution in [2.24, 2.45) is 11.5 Å². The summed E-state index contributed by atoms with van der Waals surface area (Å²) in [4.78, 5) is 44.2. The van der Waals surface area contributed by atoms with E-state index in [1.807, 2.05) is 0 Å². The molecule has 6 rings (SSSR count). The second-order valence-electron chi connectivity index (χ2n) is 11.2. The average Bonchev–Trinajstić information content (AvgIpc) is 3.35. The summed E-state index contributed by atoms with van der Waals surface area (Å²) in [6, 6.07) is 2.49. The Morgan fingerprint density at radius 2 is 2.10 bits per heavy atom. The summed E-state index contributed by atoms with van der Waals surface area (Å²) < 4.78 is 27.3. The third-order valence-corrected chi connectivity index (χ3v) is 8.85. The fourth-order valence-corrected chi connectivity index (χ4v) is 6.49. The number of ether oxygens (including phenoxy) is 2. The molecule has 0 saturated carbocycles. The van der Waals surface area contributed by atoms with Crippen LogP contribution in [-0.4, -0.2) is 45.9 Å². The van der Waals surface area contributed by atoms with Crippen LogP contribution in [0.3, 0.4) is 0 Å². The standard InChI is InChI=1S/C30H34FN5O6/c1-3-30(40)18-10-22-25-16(12-36(22)28(38)17(18)13-42-29(30)39)24-20(35-27(37)26(33)41-9-5-4-8-32)7-6-15-14(2)19(31)11-21(34-25)23(15)24/h10-11,20,26,40H,3-9,12-13,32-33H2,1-2H3,(H,35,37)/t20-,26?,30-/m0/s1. The van der Waals surface area contributed by atoms with E-state index in [1.54, 1.807) is 19.9 Å². The van der Waals surface area contributed by atoms with Gasteiger partial charge in [0, 0.05) is 29.2 Å². The Morgan fingerprint density at radius 1 is 1.31 bits per heavy atom. The predicted octanol–water partition coefficient (Wildman–Crippen LogP) is 1.67. The number of hydrogen-bond donors (Lipinski definition) is 4. The summed E-state index contributed by atoms with van der Waals surface area (Å²) in [7, 11) is 0. The molecule has 42 heavy (non-hydrogen) atoms. The zero-order chi connectivity index (χ0) is 29.9. The number of cyclic esters (lactones) is 1. The van der Waals surface area contributed by atoms with Crippen molar-refractivity contribution in [3.8, 4) is 11.4 Å². The minimum Gasteiger partial charge on any atom is -0.458 e. The summed E-state index contributed by atoms with van der Waals surface area (Å²) in [6.45, 7) is 4.08. The number of rotatable bonds is 8. The van der Waals surface area contributed by atoms with E-state index in [0.717, 1.165) is 22.9 Å². The van der Waals surface area contributed by atoms with Crippen LogP contribution in [0.2, 0.25) is 0 Å². The molecule has 0 bridgehead atoms. The zero-order valence-electron chi connectivity index (χ0n) is 23.6. The van der Waals surface area contributed by atoms with Crippen molar-refractivity contribution >= 4 is 22.8 Å². The molecule has 3 aromatic rings. The topological polar surface area (TPSA) is 172 Å². The number of nitrogens with zero attached hydrogens (tertiary/aromatic N) is 2. The normalized spacial score (nSPS) is 21.0. The first-order valence-corrected chi connectivity index (χ1v) is 14.3. The molecule has 1 amide bonds. The maximum Gasteiger partial charge on any atom is 0.343 e. The van der Waals surface area contributed by atoms with Gasteiger partial charge in [-0.1, -0.05) is 6.92 Å². The van der Waals surface area contributed by atoms with Crippen LogP contribution in [0.15, 0.2) is 16.9 Å². The highest BCUT2D eigenvalue weighted by molar-refractivity contribution is 5.94. The van der Waals surface area contributed by atoms with Crippen molar-refractivity contribution in [3.63, 3.8) is 0 Å². The fraction of sp³-hybridized carbons (Fsp3) is 0.467. The van der Waals surface area contributed by atoms with Gasteiger partial charge < -0.3 is 30.2 Å². The van der Waals surface area contributed by atoms with Crippen molar-refractivity contribution in [2.75, 3.05) is 13.2 Å². The number of unbranched alkanes of at least 4 members (excludes halogenated alkanes) is 1. The minimum absolute atomic E-state index is 0.0154. The highest BCUT2D eigenvalue weighted by Gasteiger charge is 2.46. The van der Waals surface area contributed by atoms with Crippen molar-refractivity contribution in [3.05, 3.63) is 61.7 Å². The molecule has 11 nitrogen and oxygen atoms in total. The first-order chi connectivity index (χ1) is 20.1. The Hall–Kier alpha value is -3.71. The number of aliphatic hydroxyl groups is 1. The van der Waals surface area contributed by atoms with Gasteiger partial charge in [0.15, 0.2) is 11.8 Å². The van der Waals surface area contributed by atoms with E-state index in [9.17, 15) is 19.5 Å².